The van der Waals surface area contributed by atoms with Gasteiger partial charge in [0.15, 0.2) is 0 Å². The maximum absolute atomic E-state index is 13.4. The molecule has 1 rings (SSSR count). The van der Waals surface area contributed by atoms with E-state index >= 15 is 0 Å². The maximum atomic E-state index is 13.4. The average molecular weight is 319 g/mol. The van der Waals surface area contributed by atoms with Gasteiger partial charge in [-0.05, 0) is 25.5 Å². The number of hydrogen-bond donors (Lipinski definition) is 0. The van der Waals surface area contributed by atoms with Crippen LogP contribution in [-0.4, -0.2) is 18.4 Å². The highest BCUT2D eigenvalue weighted by molar-refractivity contribution is 6.39. The van der Waals surface area contributed by atoms with Crippen LogP contribution in [0.5, 0.6) is 0 Å². The smallest absolute Gasteiger partial charge is 0.341 e. The number of ketones is 1. The molecule has 0 N–H and O–H groups in total. The predicted octanol–water partition coefficient (Wildman–Crippen LogP) is 4.21. The summed E-state index contributed by atoms with van der Waals surface area (Å²) < 4.78 is 18.2. The number of Topliss-reactive ketones (excluding diaryl/α,β-unsaturated/α-hetero) is 1. The molecule has 1 aromatic rings. The molecule has 0 saturated heterocycles. The molecule has 3 nitrogen and oxygen atoms in total. The SMILES string of the molecule is CCC=C(C(=O)OCC)C(=O)c1cc(F)c(Cl)cc1Cl. The molecular weight excluding hydrogens is 306 g/mol. The number of carbonyl (C=O) groups is 2. The van der Waals surface area contributed by atoms with E-state index in [9.17, 15) is 14.0 Å². The van der Waals surface area contributed by atoms with Crippen LogP contribution in [0.15, 0.2) is 23.8 Å². The second-order valence-electron chi connectivity index (χ2n) is 3.82. The molecule has 0 amide bonds. The van der Waals surface area contributed by atoms with Crippen molar-refractivity contribution < 1.29 is 18.7 Å². The number of benzene rings is 1. The molecule has 0 aromatic heterocycles. The van der Waals surface area contributed by atoms with Crippen molar-refractivity contribution in [3.05, 3.63) is 45.2 Å². The number of hydrogen-bond acceptors (Lipinski definition) is 3. The molecule has 0 fully saturated rings. The summed E-state index contributed by atoms with van der Waals surface area (Å²) in [6.07, 6.45) is 1.87. The Morgan fingerprint density at radius 2 is 1.90 bits per heavy atom. The van der Waals surface area contributed by atoms with Crippen molar-refractivity contribution in [3.63, 3.8) is 0 Å². The van der Waals surface area contributed by atoms with Gasteiger partial charge in [0.2, 0.25) is 5.78 Å². The van der Waals surface area contributed by atoms with E-state index in [0.29, 0.717) is 6.42 Å². The first-order valence-corrected chi connectivity index (χ1v) is 6.74. The zero-order valence-electron chi connectivity index (χ0n) is 11.0. The quantitative estimate of drug-likeness (QED) is 0.204. The standard InChI is InChI=1S/C14H13Cl2FO3/c1-3-5-8(14(19)20-4-2)13(18)9-6-12(17)11(16)7-10(9)15/h5-7H,3-4H2,1-2H3. The van der Waals surface area contributed by atoms with Crippen LogP contribution in [0.4, 0.5) is 4.39 Å². The predicted molar refractivity (Wildman–Crippen MR) is 75.8 cm³/mol. The van der Waals surface area contributed by atoms with E-state index in [4.69, 9.17) is 27.9 Å². The molecule has 6 heteroatoms. The molecule has 0 aliphatic carbocycles. The van der Waals surface area contributed by atoms with E-state index < -0.39 is 17.6 Å². The summed E-state index contributed by atoms with van der Waals surface area (Å²) in [7, 11) is 0. The fraction of sp³-hybridized carbons (Fsp3) is 0.286. The number of carbonyl (C=O) groups excluding carboxylic acids is 2. The summed E-state index contributed by atoms with van der Waals surface area (Å²) in [5, 5.41) is -0.212. The van der Waals surface area contributed by atoms with Crippen molar-refractivity contribution >= 4 is 35.0 Å². The molecule has 0 bridgehead atoms. The van der Waals surface area contributed by atoms with Crippen molar-refractivity contribution in [2.75, 3.05) is 6.61 Å². The lowest BCUT2D eigenvalue weighted by atomic mass is 10.0. The molecule has 0 radical (unpaired) electrons. The summed E-state index contributed by atoms with van der Waals surface area (Å²) >= 11 is 11.4. The summed E-state index contributed by atoms with van der Waals surface area (Å²) in [6, 6.07) is 2.04. The minimum absolute atomic E-state index is 0.0206. The molecule has 0 unspecified atom stereocenters. The third-order valence-electron chi connectivity index (χ3n) is 2.40. The highest BCUT2D eigenvalue weighted by Gasteiger charge is 2.23. The zero-order chi connectivity index (χ0) is 15.3. The second kappa shape index (κ2) is 7.41. The Labute approximate surface area is 126 Å². The molecule has 20 heavy (non-hydrogen) atoms. The fourth-order valence-electron chi connectivity index (χ4n) is 1.52. The molecule has 0 heterocycles. The van der Waals surface area contributed by atoms with Crippen LogP contribution in [0.1, 0.15) is 30.6 Å². The molecule has 0 aliphatic heterocycles. The fourth-order valence-corrected chi connectivity index (χ4v) is 1.99. The lowest BCUT2D eigenvalue weighted by Gasteiger charge is -2.08. The van der Waals surface area contributed by atoms with Gasteiger partial charge in [-0.3, -0.25) is 4.79 Å². The molecule has 0 spiro atoms. The van der Waals surface area contributed by atoms with Crippen LogP contribution in [0.2, 0.25) is 10.0 Å². The highest BCUT2D eigenvalue weighted by atomic mass is 35.5. The molecule has 1 aromatic carbocycles. The van der Waals surface area contributed by atoms with Gasteiger partial charge in [-0.15, -0.1) is 0 Å². The third kappa shape index (κ3) is 3.81. The van der Waals surface area contributed by atoms with Crippen molar-refractivity contribution in [1.29, 1.82) is 0 Å². The van der Waals surface area contributed by atoms with E-state index in [-0.39, 0.29) is 27.8 Å². The molecule has 0 saturated carbocycles. The Hall–Kier alpha value is -1.39. The first kappa shape index (κ1) is 16.7. The van der Waals surface area contributed by atoms with Gasteiger partial charge in [0.05, 0.1) is 16.7 Å². The van der Waals surface area contributed by atoms with Gasteiger partial charge >= 0.3 is 5.97 Å². The van der Waals surface area contributed by atoms with Crippen molar-refractivity contribution in [1.82, 2.24) is 0 Å². The first-order chi connectivity index (χ1) is 9.42. The lowest BCUT2D eigenvalue weighted by molar-refractivity contribution is -0.138. The van der Waals surface area contributed by atoms with Gasteiger partial charge in [-0.1, -0.05) is 36.2 Å². The number of allylic oxidation sites excluding steroid dienone is 1. The first-order valence-electron chi connectivity index (χ1n) is 5.98. The summed E-state index contributed by atoms with van der Waals surface area (Å²) in [4.78, 5) is 24.0. The van der Waals surface area contributed by atoms with Gasteiger partial charge in [0.1, 0.15) is 11.4 Å². The summed E-state index contributed by atoms with van der Waals surface area (Å²) in [6.45, 7) is 3.52. The van der Waals surface area contributed by atoms with Crippen molar-refractivity contribution in [2.45, 2.75) is 20.3 Å². The van der Waals surface area contributed by atoms with Crippen LogP contribution in [-0.2, 0) is 9.53 Å². The zero-order valence-corrected chi connectivity index (χ0v) is 12.5. The lowest BCUT2D eigenvalue weighted by Crippen LogP contribution is -2.17. The Morgan fingerprint density at radius 3 is 2.45 bits per heavy atom. The van der Waals surface area contributed by atoms with E-state index in [1.807, 2.05) is 0 Å². The molecule has 0 atom stereocenters. The highest BCUT2D eigenvalue weighted by Crippen LogP contribution is 2.26. The Balaban J connectivity index is 3.23. The maximum Gasteiger partial charge on any atom is 0.341 e. The van der Waals surface area contributed by atoms with Crippen LogP contribution in [0.25, 0.3) is 0 Å². The minimum atomic E-state index is -0.779. The van der Waals surface area contributed by atoms with Gasteiger partial charge in [-0.25, -0.2) is 9.18 Å². The number of esters is 1. The summed E-state index contributed by atoms with van der Waals surface area (Å²) in [5.41, 5.74) is -0.292. The van der Waals surface area contributed by atoms with Crippen LogP contribution in [0.3, 0.4) is 0 Å². The average Bonchev–Trinajstić information content (AvgIpc) is 2.39. The van der Waals surface area contributed by atoms with Crippen molar-refractivity contribution in [3.8, 4) is 0 Å². The van der Waals surface area contributed by atoms with E-state index in [1.165, 1.54) is 6.08 Å². The van der Waals surface area contributed by atoms with Gasteiger partial charge in [0, 0.05) is 5.56 Å². The molecular formula is C14H13Cl2FO3. The third-order valence-corrected chi connectivity index (χ3v) is 3.01. The summed E-state index contributed by atoms with van der Waals surface area (Å²) in [5.74, 6) is -2.23. The Kier molecular flexibility index (Phi) is 6.17. The topological polar surface area (TPSA) is 43.4 Å². The van der Waals surface area contributed by atoms with Gasteiger partial charge < -0.3 is 4.74 Å². The van der Waals surface area contributed by atoms with E-state index in [1.54, 1.807) is 13.8 Å². The van der Waals surface area contributed by atoms with Crippen LogP contribution < -0.4 is 0 Å². The number of halogens is 3. The largest absolute Gasteiger partial charge is 0.462 e. The number of rotatable bonds is 5. The Morgan fingerprint density at radius 1 is 1.25 bits per heavy atom. The van der Waals surface area contributed by atoms with Gasteiger partial charge in [-0.2, -0.15) is 0 Å². The minimum Gasteiger partial charge on any atom is -0.462 e. The Bertz CT molecular complexity index is 568. The van der Waals surface area contributed by atoms with E-state index in [2.05, 4.69) is 0 Å². The van der Waals surface area contributed by atoms with Crippen LogP contribution >= 0.6 is 23.2 Å². The second-order valence-corrected chi connectivity index (χ2v) is 4.64. The normalized spacial score (nSPS) is 11.3. The number of ether oxygens (including phenoxy) is 1. The monoisotopic (exact) mass is 318 g/mol. The van der Waals surface area contributed by atoms with Crippen molar-refractivity contribution in [2.24, 2.45) is 0 Å². The molecule has 0 aliphatic rings. The van der Waals surface area contributed by atoms with Gasteiger partial charge in [0.25, 0.3) is 0 Å². The van der Waals surface area contributed by atoms with E-state index in [0.717, 1.165) is 12.1 Å². The van der Waals surface area contributed by atoms with Crippen LogP contribution in [0, 0.1) is 5.82 Å². The molecule has 108 valence electrons.